The number of amides is 2. The third-order valence-corrected chi connectivity index (χ3v) is 3.47. The van der Waals surface area contributed by atoms with Crippen LogP contribution in [0.15, 0.2) is 22.8 Å². The Labute approximate surface area is 119 Å². The number of hydrogen-bond acceptors (Lipinski definition) is 4. The first kappa shape index (κ1) is 14.9. The number of carbonyl (C=O) groups is 1. The highest BCUT2D eigenvalue weighted by Gasteiger charge is 2.19. The fraction of sp³-hybridized carbons (Fsp3) is 0.643. The molecule has 112 valence electrons. The summed E-state index contributed by atoms with van der Waals surface area (Å²) >= 11 is 0. The molecule has 0 bridgehead atoms. The van der Waals surface area contributed by atoms with Crippen molar-refractivity contribution in [2.24, 2.45) is 0 Å². The minimum absolute atomic E-state index is 0.0264. The van der Waals surface area contributed by atoms with E-state index in [4.69, 9.17) is 9.15 Å². The van der Waals surface area contributed by atoms with Gasteiger partial charge in [0.1, 0.15) is 5.76 Å². The van der Waals surface area contributed by atoms with Crippen LogP contribution >= 0.6 is 0 Å². The van der Waals surface area contributed by atoms with Gasteiger partial charge in [-0.2, -0.15) is 0 Å². The molecule has 0 saturated carbocycles. The molecule has 1 aromatic heterocycles. The van der Waals surface area contributed by atoms with E-state index in [-0.39, 0.29) is 18.2 Å². The van der Waals surface area contributed by atoms with Crippen molar-refractivity contribution >= 4 is 6.03 Å². The number of likely N-dealkylation sites (N-methyl/N-ethyl adjacent to an activating group) is 1. The van der Waals surface area contributed by atoms with Gasteiger partial charge < -0.3 is 19.8 Å². The molecule has 1 aliphatic rings. The van der Waals surface area contributed by atoms with Crippen LogP contribution < -0.4 is 10.6 Å². The lowest BCUT2D eigenvalue weighted by Gasteiger charge is -2.22. The molecule has 6 nitrogen and oxygen atoms in total. The fourth-order valence-corrected chi connectivity index (χ4v) is 2.28. The second kappa shape index (κ2) is 7.31. The average molecular weight is 281 g/mol. The van der Waals surface area contributed by atoms with E-state index in [1.165, 1.54) is 0 Å². The summed E-state index contributed by atoms with van der Waals surface area (Å²) < 4.78 is 10.9. The van der Waals surface area contributed by atoms with Gasteiger partial charge in [0.25, 0.3) is 0 Å². The normalized spacial score (nSPS) is 20.1. The standard InChI is InChI=1S/C14H23N3O3/c1-17(2)12(13-6-4-8-20-13)10-16-14(18)15-9-11-5-3-7-19-11/h4,6,8,11-12H,3,5,7,9-10H2,1-2H3,(H2,15,16,18)/t11-,12-/m1/s1. The number of hydrogen-bond donors (Lipinski definition) is 2. The molecule has 1 fully saturated rings. The van der Waals surface area contributed by atoms with Gasteiger partial charge in [0.2, 0.25) is 0 Å². The van der Waals surface area contributed by atoms with Gasteiger partial charge in [-0.1, -0.05) is 0 Å². The van der Waals surface area contributed by atoms with E-state index in [0.29, 0.717) is 13.1 Å². The quantitative estimate of drug-likeness (QED) is 0.826. The van der Waals surface area contributed by atoms with Crippen LogP contribution in [0.2, 0.25) is 0 Å². The largest absolute Gasteiger partial charge is 0.468 e. The van der Waals surface area contributed by atoms with Crippen LogP contribution in [0.4, 0.5) is 4.79 Å². The first-order valence-electron chi connectivity index (χ1n) is 7.00. The highest BCUT2D eigenvalue weighted by atomic mass is 16.5. The highest BCUT2D eigenvalue weighted by molar-refractivity contribution is 5.73. The van der Waals surface area contributed by atoms with E-state index in [1.54, 1.807) is 6.26 Å². The fourth-order valence-electron chi connectivity index (χ4n) is 2.28. The molecule has 2 N–H and O–H groups in total. The van der Waals surface area contributed by atoms with E-state index in [0.717, 1.165) is 25.2 Å². The minimum atomic E-state index is -0.168. The van der Waals surface area contributed by atoms with Gasteiger partial charge in [0, 0.05) is 19.7 Å². The van der Waals surface area contributed by atoms with Crippen LogP contribution in [0.5, 0.6) is 0 Å². The van der Waals surface area contributed by atoms with E-state index < -0.39 is 0 Å². The lowest BCUT2D eigenvalue weighted by atomic mass is 10.2. The monoisotopic (exact) mass is 281 g/mol. The number of carbonyl (C=O) groups excluding carboxylic acids is 1. The number of furan rings is 1. The van der Waals surface area contributed by atoms with Crippen molar-refractivity contribution in [1.82, 2.24) is 15.5 Å². The zero-order valence-corrected chi connectivity index (χ0v) is 12.1. The lowest BCUT2D eigenvalue weighted by molar-refractivity contribution is 0.111. The molecular formula is C14H23N3O3. The second-order valence-corrected chi connectivity index (χ2v) is 5.22. The van der Waals surface area contributed by atoms with Gasteiger partial charge in [0.15, 0.2) is 0 Å². The first-order chi connectivity index (χ1) is 9.66. The summed E-state index contributed by atoms with van der Waals surface area (Å²) in [6, 6.07) is 3.62. The number of rotatable bonds is 6. The number of nitrogens with one attached hydrogen (secondary N) is 2. The molecule has 0 spiro atoms. The Morgan fingerprint density at radius 1 is 1.50 bits per heavy atom. The molecular weight excluding hydrogens is 258 g/mol. The Bertz CT molecular complexity index is 400. The highest BCUT2D eigenvalue weighted by Crippen LogP contribution is 2.17. The average Bonchev–Trinajstić information content (AvgIpc) is 3.09. The zero-order chi connectivity index (χ0) is 14.4. The van der Waals surface area contributed by atoms with Crippen molar-refractivity contribution in [3.8, 4) is 0 Å². The lowest BCUT2D eigenvalue weighted by Crippen LogP contribution is -2.42. The molecule has 20 heavy (non-hydrogen) atoms. The molecule has 6 heteroatoms. The van der Waals surface area contributed by atoms with E-state index in [1.807, 2.05) is 31.1 Å². The summed E-state index contributed by atoms with van der Waals surface area (Å²) in [5.41, 5.74) is 0. The Balaban J connectivity index is 1.73. The summed E-state index contributed by atoms with van der Waals surface area (Å²) in [7, 11) is 3.91. The first-order valence-corrected chi connectivity index (χ1v) is 7.00. The smallest absolute Gasteiger partial charge is 0.314 e. The van der Waals surface area contributed by atoms with Crippen molar-refractivity contribution in [3.05, 3.63) is 24.2 Å². The second-order valence-electron chi connectivity index (χ2n) is 5.22. The molecule has 0 radical (unpaired) electrons. The molecule has 1 aliphatic heterocycles. The van der Waals surface area contributed by atoms with E-state index in [9.17, 15) is 4.79 Å². The molecule has 2 amide bonds. The molecule has 1 aromatic rings. The topological polar surface area (TPSA) is 66.7 Å². The van der Waals surface area contributed by atoms with Gasteiger partial charge in [-0.3, -0.25) is 4.90 Å². The third kappa shape index (κ3) is 4.25. The van der Waals surface area contributed by atoms with Crippen LogP contribution in [0.1, 0.15) is 24.6 Å². The van der Waals surface area contributed by atoms with Gasteiger partial charge in [-0.15, -0.1) is 0 Å². The Morgan fingerprint density at radius 2 is 2.35 bits per heavy atom. The van der Waals surface area contributed by atoms with Gasteiger partial charge in [0.05, 0.1) is 18.4 Å². The Hall–Kier alpha value is -1.53. The summed E-state index contributed by atoms with van der Waals surface area (Å²) in [6.07, 6.45) is 3.90. The minimum Gasteiger partial charge on any atom is -0.468 e. The Morgan fingerprint density at radius 3 is 2.95 bits per heavy atom. The van der Waals surface area contributed by atoms with E-state index in [2.05, 4.69) is 10.6 Å². The van der Waals surface area contributed by atoms with Crippen molar-refractivity contribution in [1.29, 1.82) is 0 Å². The molecule has 1 saturated heterocycles. The summed E-state index contributed by atoms with van der Waals surface area (Å²) in [5.74, 6) is 0.842. The summed E-state index contributed by atoms with van der Waals surface area (Å²) in [4.78, 5) is 13.8. The SMILES string of the molecule is CN(C)[C@H](CNC(=O)NC[C@H]1CCCO1)c1ccco1. The predicted octanol–water partition coefficient (Wildman–Crippen LogP) is 1.36. The summed E-state index contributed by atoms with van der Waals surface area (Å²) in [6.45, 7) is 1.87. The number of nitrogens with zero attached hydrogens (tertiary/aromatic N) is 1. The zero-order valence-electron chi connectivity index (χ0n) is 12.1. The van der Waals surface area contributed by atoms with Gasteiger partial charge in [-0.25, -0.2) is 4.79 Å². The maximum atomic E-state index is 11.8. The predicted molar refractivity (Wildman–Crippen MR) is 75.5 cm³/mol. The van der Waals surface area contributed by atoms with Crippen LogP contribution in [-0.4, -0.2) is 50.8 Å². The molecule has 2 heterocycles. The van der Waals surface area contributed by atoms with Crippen molar-refractivity contribution in [3.63, 3.8) is 0 Å². The van der Waals surface area contributed by atoms with E-state index >= 15 is 0 Å². The van der Waals surface area contributed by atoms with Gasteiger partial charge in [-0.05, 0) is 39.1 Å². The molecule has 0 aliphatic carbocycles. The molecule has 2 atom stereocenters. The number of ether oxygens (including phenoxy) is 1. The van der Waals surface area contributed by atoms with Crippen LogP contribution in [0.25, 0.3) is 0 Å². The van der Waals surface area contributed by atoms with Crippen molar-refractivity contribution in [2.75, 3.05) is 33.8 Å². The van der Waals surface area contributed by atoms with Crippen LogP contribution in [-0.2, 0) is 4.74 Å². The molecule has 2 rings (SSSR count). The van der Waals surface area contributed by atoms with Gasteiger partial charge >= 0.3 is 6.03 Å². The molecule has 0 unspecified atom stereocenters. The molecule has 0 aromatic carbocycles. The maximum Gasteiger partial charge on any atom is 0.314 e. The third-order valence-electron chi connectivity index (χ3n) is 3.47. The van der Waals surface area contributed by atoms with Crippen LogP contribution in [0.3, 0.4) is 0 Å². The summed E-state index contributed by atoms with van der Waals surface area (Å²) in [5, 5.41) is 5.71. The van der Waals surface area contributed by atoms with Crippen LogP contribution in [0, 0.1) is 0 Å². The maximum absolute atomic E-state index is 11.8. The van der Waals surface area contributed by atoms with Crippen molar-refractivity contribution < 1.29 is 13.9 Å². The van der Waals surface area contributed by atoms with Crippen molar-refractivity contribution in [2.45, 2.75) is 25.0 Å². The Kier molecular flexibility index (Phi) is 5.43. The number of urea groups is 1.